The van der Waals surface area contributed by atoms with Gasteiger partial charge in [0.25, 0.3) is 0 Å². The lowest BCUT2D eigenvalue weighted by atomic mass is 10.1. The number of halogens is 1. The Labute approximate surface area is 101 Å². The van der Waals surface area contributed by atoms with Crippen molar-refractivity contribution in [2.24, 2.45) is 7.05 Å². The molecule has 0 aliphatic carbocycles. The lowest BCUT2D eigenvalue weighted by Gasteiger charge is -1.98. The highest BCUT2D eigenvalue weighted by atomic mass is 79.9. The average molecular weight is 281 g/mol. The minimum Gasteiger partial charge on any atom is -0.294 e. The summed E-state index contributed by atoms with van der Waals surface area (Å²) in [5, 5.41) is 11.4. The molecule has 5 nitrogen and oxygen atoms in total. The zero-order valence-corrected chi connectivity index (χ0v) is 10.2. The van der Waals surface area contributed by atoms with Gasteiger partial charge in [-0.3, -0.25) is 4.79 Å². The van der Waals surface area contributed by atoms with Gasteiger partial charge in [0.15, 0.2) is 11.6 Å². The SMILES string of the molecule is Cn1nnc(CC(=O)c2cccc(Br)c2)n1. The standard InChI is InChI=1S/C10H9BrN4O/c1-15-13-10(12-14-15)6-9(16)7-3-2-4-8(11)5-7/h2-5H,6H2,1H3. The maximum Gasteiger partial charge on any atom is 0.182 e. The van der Waals surface area contributed by atoms with Gasteiger partial charge in [0.2, 0.25) is 0 Å². The minimum atomic E-state index is -0.0192. The molecule has 1 aromatic carbocycles. The van der Waals surface area contributed by atoms with Crippen LogP contribution in [-0.4, -0.2) is 26.0 Å². The summed E-state index contributed by atoms with van der Waals surface area (Å²) >= 11 is 3.32. The van der Waals surface area contributed by atoms with Crippen LogP contribution < -0.4 is 0 Å². The first-order valence-corrected chi connectivity index (χ1v) is 5.46. The topological polar surface area (TPSA) is 60.7 Å². The number of hydrogen-bond donors (Lipinski definition) is 0. The van der Waals surface area contributed by atoms with Crippen LogP contribution in [0.2, 0.25) is 0 Å². The monoisotopic (exact) mass is 280 g/mol. The molecule has 0 atom stereocenters. The second-order valence-electron chi connectivity index (χ2n) is 3.31. The fraction of sp³-hybridized carbons (Fsp3) is 0.200. The first-order chi connectivity index (χ1) is 7.65. The summed E-state index contributed by atoms with van der Waals surface area (Å²) in [6, 6.07) is 7.24. The fourth-order valence-corrected chi connectivity index (χ4v) is 1.70. The lowest BCUT2D eigenvalue weighted by molar-refractivity contribution is 0.0990. The van der Waals surface area contributed by atoms with E-state index in [0.29, 0.717) is 11.4 Å². The Hall–Kier alpha value is -1.56. The van der Waals surface area contributed by atoms with Gasteiger partial charge in [0, 0.05) is 10.0 Å². The molecule has 6 heteroatoms. The Morgan fingerprint density at radius 2 is 2.31 bits per heavy atom. The van der Waals surface area contributed by atoms with E-state index in [-0.39, 0.29) is 12.2 Å². The molecule has 0 aliphatic rings. The number of aryl methyl sites for hydroxylation is 1. The van der Waals surface area contributed by atoms with Gasteiger partial charge in [-0.15, -0.1) is 10.2 Å². The number of carbonyl (C=O) groups is 1. The molecule has 0 amide bonds. The first kappa shape index (κ1) is 10.9. The molecule has 0 saturated heterocycles. The van der Waals surface area contributed by atoms with Crippen molar-refractivity contribution < 1.29 is 4.79 Å². The molecule has 0 unspecified atom stereocenters. The van der Waals surface area contributed by atoms with E-state index in [1.54, 1.807) is 19.2 Å². The van der Waals surface area contributed by atoms with E-state index >= 15 is 0 Å². The van der Waals surface area contributed by atoms with E-state index in [9.17, 15) is 4.79 Å². The van der Waals surface area contributed by atoms with Gasteiger partial charge in [-0.2, -0.15) is 4.80 Å². The maximum absolute atomic E-state index is 11.8. The van der Waals surface area contributed by atoms with Gasteiger partial charge in [-0.25, -0.2) is 0 Å². The number of Topliss-reactive ketones (excluding diaryl/α,β-unsaturated/α-hetero) is 1. The van der Waals surface area contributed by atoms with Gasteiger partial charge < -0.3 is 0 Å². The Morgan fingerprint density at radius 1 is 1.50 bits per heavy atom. The molecule has 16 heavy (non-hydrogen) atoms. The van der Waals surface area contributed by atoms with Crippen molar-refractivity contribution in [3.05, 3.63) is 40.1 Å². The van der Waals surface area contributed by atoms with Gasteiger partial charge in [0.1, 0.15) is 0 Å². The van der Waals surface area contributed by atoms with E-state index in [0.717, 1.165) is 4.47 Å². The molecule has 0 saturated carbocycles. The third kappa shape index (κ3) is 2.52. The van der Waals surface area contributed by atoms with Crippen LogP contribution in [0.3, 0.4) is 0 Å². The molecule has 1 heterocycles. The van der Waals surface area contributed by atoms with E-state index in [4.69, 9.17) is 0 Å². The van der Waals surface area contributed by atoms with Gasteiger partial charge in [0.05, 0.1) is 13.5 Å². The predicted molar refractivity (Wildman–Crippen MR) is 61.0 cm³/mol. The average Bonchev–Trinajstić information content (AvgIpc) is 2.64. The number of aromatic nitrogens is 4. The third-order valence-electron chi connectivity index (χ3n) is 2.02. The van der Waals surface area contributed by atoms with Crippen molar-refractivity contribution >= 4 is 21.7 Å². The van der Waals surface area contributed by atoms with Crippen molar-refractivity contribution in [3.63, 3.8) is 0 Å². The van der Waals surface area contributed by atoms with Crippen molar-refractivity contribution in [2.45, 2.75) is 6.42 Å². The number of benzene rings is 1. The number of hydrogen-bond acceptors (Lipinski definition) is 4. The van der Waals surface area contributed by atoms with Crippen molar-refractivity contribution in [1.29, 1.82) is 0 Å². The number of ketones is 1. The second-order valence-corrected chi connectivity index (χ2v) is 4.22. The molecular formula is C10H9BrN4O. The highest BCUT2D eigenvalue weighted by Gasteiger charge is 2.10. The largest absolute Gasteiger partial charge is 0.294 e. The van der Waals surface area contributed by atoms with Crippen LogP contribution in [0.25, 0.3) is 0 Å². The molecule has 0 aliphatic heterocycles. The molecular weight excluding hydrogens is 272 g/mol. The molecule has 0 N–H and O–H groups in total. The summed E-state index contributed by atoms with van der Waals surface area (Å²) in [5.41, 5.74) is 0.641. The van der Waals surface area contributed by atoms with E-state index < -0.39 is 0 Å². The molecule has 2 rings (SSSR count). The normalized spacial score (nSPS) is 10.4. The Balaban J connectivity index is 2.14. The zero-order chi connectivity index (χ0) is 11.5. The number of carbonyl (C=O) groups excluding carboxylic acids is 1. The number of tetrazole rings is 1. The van der Waals surface area contributed by atoms with Crippen molar-refractivity contribution in [3.8, 4) is 0 Å². The smallest absolute Gasteiger partial charge is 0.182 e. The van der Waals surface area contributed by atoms with Gasteiger partial charge in [-0.1, -0.05) is 28.1 Å². The van der Waals surface area contributed by atoms with Crippen LogP contribution >= 0.6 is 15.9 Å². The van der Waals surface area contributed by atoms with Crippen LogP contribution in [-0.2, 0) is 13.5 Å². The molecule has 0 spiro atoms. The molecule has 82 valence electrons. The van der Waals surface area contributed by atoms with Crippen LogP contribution in [0.1, 0.15) is 16.2 Å². The molecule has 1 aromatic heterocycles. The summed E-state index contributed by atoms with van der Waals surface area (Å²) in [4.78, 5) is 13.2. The maximum atomic E-state index is 11.8. The highest BCUT2D eigenvalue weighted by molar-refractivity contribution is 9.10. The lowest BCUT2D eigenvalue weighted by Crippen LogP contribution is -2.05. The van der Waals surface area contributed by atoms with Gasteiger partial charge >= 0.3 is 0 Å². The molecule has 2 aromatic rings. The first-order valence-electron chi connectivity index (χ1n) is 4.67. The van der Waals surface area contributed by atoms with Crippen LogP contribution in [0.5, 0.6) is 0 Å². The van der Waals surface area contributed by atoms with Crippen LogP contribution in [0, 0.1) is 0 Å². The third-order valence-corrected chi connectivity index (χ3v) is 2.51. The van der Waals surface area contributed by atoms with E-state index in [1.807, 2.05) is 12.1 Å². The second kappa shape index (κ2) is 4.52. The summed E-state index contributed by atoms with van der Waals surface area (Å²) < 4.78 is 0.880. The number of nitrogens with zero attached hydrogens (tertiary/aromatic N) is 4. The fourth-order valence-electron chi connectivity index (χ4n) is 1.30. The quantitative estimate of drug-likeness (QED) is 0.798. The summed E-state index contributed by atoms with van der Waals surface area (Å²) in [5.74, 6) is 0.418. The molecule has 0 fully saturated rings. The Morgan fingerprint density at radius 3 is 2.94 bits per heavy atom. The van der Waals surface area contributed by atoms with Crippen LogP contribution in [0.4, 0.5) is 0 Å². The molecule has 0 bridgehead atoms. The highest BCUT2D eigenvalue weighted by Crippen LogP contribution is 2.13. The van der Waals surface area contributed by atoms with E-state index in [2.05, 4.69) is 31.3 Å². The van der Waals surface area contributed by atoms with Crippen molar-refractivity contribution in [2.75, 3.05) is 0 Å². The Kier molecular flexibility index (Phi) is 3.09. The zero-order valence-electron chi connectivity index (χ0n) is 8.59. The molecule has 0 radical (unpaired) electrons. The predicted octanol–water partition coefficient (Wildman–Crippen LogP) is 1.40. The van der Waals surface area contributed by atoms with Crippen LogP contribution in [0.15, 0.2) is 28.7 Å². The summed E-state index contributed by atoms with van der Waals surface area (Å²) in [6.07, 6.45) is 0.171. The van der Waals surface area contributed by atoms with Gasteiger partial charge in [-0.05, 0) is 17.3 Å². The van der Waals surface area contributed by atoms with Crippen molar-refractivity contribution in [1.82, 2.24) is 20.2 Å². The number of rotatable bonds is 3. The summed E-state index contributed by atoms with van der Waals surface area (Å²) in [6.45, 7) is 0. The Bertz CT molecular complexity index is 523. The van der Waals surface area contributed by atoms with E-state index in [1.165, 1.54) is 4.80 Å². The summed E-state index contributed by atoms with van der Waals surface area (Å²) in [7, 11) is 1.67. The minimum absolute atomic E-state index is 0.0192.